The lowest BCUT2D eigenvalue weighted by molar-refractivity contribution is 0.123. The van der Waals surface area contributed by atoms with Crippen LogP contribution < -0.4 is 10.2 Å². The van der Waals surface area contributed by atoms with Crippen molar-refractivity contribution in [1.82, 2.24) is 0 Å². The molecule has 1 N–H and O–H groups in total. The maximum atomic E-state index is 5.44. The van der Waals surface area contributed by atoms with Crippen LogP contribution in [0.1, 0.15) is 25.7 Å². The molecule has 0 atom stereocenters. The molecule has 0 radical (unpaired) electrons. The van der Waals surface area contributed by atoms with Crippen molar-refractivity contribution in [2.45, 2.75) is 25.7 Å². The van der Waals surface area contributed by atoms with E-state index in [1.807, 2.05) is 0 Å². The van der Waals surface area contributed by atoms with Crippen LogP contribution >= 0.6 is 0 Å². The molecule has 0 amide bonds. The molecule has 0 aromatic heterocycles. The van der Waals surface area contributed by atoms with Crippen LogP contribution in [0, 0.1) is 0 Å². The van der Waals surface area contributed by atoms with Gasteiger partial charge in [-0.15, -0.1) is 0 Å². The second-order valence-corrected chi connectivity index (χ2v) is 5.38. The predicted molar refractivity (Wildman–Crippen MR) is 83.9 cm³/mol. The average molecular weight is 273 g/mol. The zero-order valence-electron chi connectivity index (χ0n) is 12.0. The lowest BCUT2D eigenvalue weighted by Crippen LogP contribution is -2.36. The van der Waals surface area contributed by atoms with Gasteiger partial charge in [-0.2, -0.15) is 0 Å². The van der Waals surface area contributed by atoms with Gasteiger partial charge in [-0.25, -0.2) is 0 Å². The molecule has 1 saturated heterocycles. The second kappa shape index (κ2) is 6.75. The van der Waals surface area contributed by atoms with Crippen LogP contribution in [-0.4, -0.2) is 38.7 Å². The first kappa shape index (κ1) is 13.4. The molecule has 4 heteroatoms. The fraction of sp³-hybridized carbons (Fsp3) is 0.562. The molecule has 0 bridgehead atoms. The number of benzene rings is 1. The third kappa shape index (κ3) is 3.31. The van der Waals surface area contributed by atoms with Gasteiger partial charge in [-0.05, 0) is 25.0 Å². The van der Waals surface area contributed by atoms with Gasteiger partial charge in [0.05, 0.1) is 24.6 Å². The standard InChI is InChI=1S/C16H23N3O/c1-2-8-16(17-9-5-1)18-14-6-3-4-7-15(14)19-10-12-20-13-11-19/h3-4,6-7H,1-2,5,8-13H2,(H,17,18). The molecule has 0 aliphatic carbocycles. The van der Waals surface area contributed by atoms with E-state index in [0.29, 0.717) is 0 Å². The van der Waals surface area contributed by atoms with Crippen molar-refractivity contribution < 1.29 is 4.74 Å². The first-order chi connectivity index (χ1) is 9.93. The molecular formula is C16H23N3O. The van der Waals surface area contributed by atoms with Crippen LogP contribution in [0.4, 0.5) is 11.4 Å². The number of aliphatic imine (C=N–C) groups is 1. The molecule has 4 nitrogen and oxygen atoms in total. The molecule has 108 valence electrons. The zero-order valence-corrected chi connectivity index (χ0v) is 12.0. The topological polar surface area (TPSA) is 36.9 Å². The summed E-state index contributed by atoms with van der Waals surface area (Å²) in [6.45, 7) is 4.52. The minimum Gasteiger partial charge on any atom is -0.378 e. The highest BCUT2D eigenvalue weighted by Crippen LogP contribution is 2.27. The van der Waals surface area contributed by atoms with Crippen molar-refractivity contribution in [1.29, 1.82) is 0 Å². The summed E-state index contributed by atoms with van der Waals surface area (Å²) in [7, 11) is 0. The summed E-state index contributed by atoms with van der Waals surface area (Å²) < 4.78 is 5.44. The molecule has 0 spiro atoms. The molecule has 1 aromatic carbocycles. The Morgan fingerprint density at radius 2 is 1.90 bits per heavy atom. The number of nitrogens with zero attached hydrogens (tertiary/aromatic N) is 2. The fourth-order valence-corrected chi connectivity index (χ4v) is 2.79. The quantitative estimate of drug-likeness (QED) is 0.900. The lowest BCUT2D eigenvalue weighted by atomic mass is 10.2. The van der Waals surface area contributed by atoms with E-state index in [2.05, 4.69) is 39.5 Å². The van der Waals surface area contributed by atoms with E-state index in [9.17, 15) is 0 Å². The largest absolute Gasteiger partial charge is 0.378 e. The summed E-state index contributed by atoms with van der Waals surface area (Å²) in [6, 6.07) is 8.53. The molecule has 1 fully saturated rings. The first-order valence-corrected chi connectivity index (χ1v) is 7.65. The number of rotatable bonds is 2. The van der Waals surface area contributed by atoms with Crippen molar-refractivity contribution in [3.05, 3.63) is 24.3 Å². The molecule has 2 aliphatic heterocycles. The van der Waals surface area contributed by atoms with Crippen molar-refractivity contribution in [2.24, 2.45) is 4.99 Å². The normalized spacial score (nSPS) is 20.2. The maximum Gasteiger partial charge on any atom is 0.101 e. The predicted octanol–water partition coefficient (Wildman–Crippen LogP) is 2.91. The Morgan fingerprint density at radius 1 is 1.05 bits per heavy atom. The average Bonchev–Trinajstić information content (AvgIpc) is 2.77. The van der Waals surface area contributed by atoms with Crippen LogP contribution in [-0.2, 0) is 4.74 Å². The Labute approximate surface area is 120 Å². The Hall–Kier alpha value is -1.55. The summed E-state index contributed by atoms with van der Waals surface area (Å²) in [6.07, 6.45) is 4.82. The molecular weight excluding hydrogens is 250 g/mol. The van der Waals surface area contributed by atoms with Gasteiger partial charge in [0.15, 0.2) is 0 Å². The third-order valence-corrected chi connectivity index (χ3v) is 3.91. The number of hydrogen-bond acceptors (Lipinski definition) is 4. The van der Waals surface area contributed by atoms with E-state index in [4.69, 9.17) is 4.74 Å². The highest BCUT2D eigenvalue weighted by atomic mass is 16.5. The van der Waals surface area contributed by atoms with Gasteiger partial charge in [-0.1, -0.05) is 18.6 Å². The van der Waals surface area contributed by atoms with Gasteiger partial charge >= 0.3 is 0 Å². The van der Waals surface area contributed by atoms with E-state index in [1.165, 1.54) is 30.6 Å². The van der Waals surface area contributed by atoms with Crippen LogP contribution in [0.3, 0.4) is 0 Å². The number of para-hydroxylation sites is 2. The number of anilines is 2. The second-order valence-electron chi connectivity index (χ2n) is 5.38. The van der Waals surface area contributed by atoms with E-state index in [-0.39, 0.29) is 0 Å². The van der Waals surface area contributed by atoms with Crippen molar-refractivity contribution in [3.8, 4) is 0 Å². The molecule has 0 unspecified atom stereocenters. The van der Waals surface area contributed by atoms with Gasteiger partial charge in [0, 0.05) is 26.1 Å². The summed E-state index contributed by atoms with van der Waals surface area (Å²) in [5.74, 6) is 1.14. The zero-order chi connectivity index (χ0) is 13.6. The van der Waals surface area contributed by atoms with Crippen molar-refractivity contribution in [3.63, 3.8) is 0 Å². The number of morpholine rings is 1. The summed E-state index contributed by atoms with van der Waals surface area (Å²) in [5, 5.41) is 3.55. The molecule has 20 heavy (non-hydrogen) atoms. The summed E-state index contributed by atoms with van der Waals surface area (Å²) in [5.41, 5.74) is 2.44. The molecule has 2 aliphatic rings. The molecule has 1 aromatic rings. The molecule has 3 rings (SSSR count). The summed E-state index contributed by atoms with van der Waals surface area (Å²) >= 11 is 0. The Balaban J connectivity index is 1.76. The monoisotopic (exact) mass is 273 g/mol. The smallest absolute Gasteiger partial charge is 0.101 e. The van der Waals surface area contributed by atoms with E-state index >= 15 is 0 Å². The van der Waals surface area contributed by atoms with Gasteiger partial charge in [-0.3, -0.25) is 4.99 Å². The van der Waals surface area contributed by atoms with Gasteiger partial charge in [0.25, 0.3) is 0 Å². The number of amidine groups is 1. The Kier molecular flexibility index (Phi) is 4.53. The SMILES string of the molecule is c1ccc(N2CCOCC2)c(NC2=NCCCCC2)c1. The van der Waals surface area contributed by atoms with Crippen LogP contribution in [0.2, 0.25) is 0 Å². The highest BCUT2D eigenvalue weighted by molar-refractivity contribution is 5.98. The van der Waals surface area contributed by atoms with E-state index < -0.39 is 0 Å². The van der Waals surface area contributed by atoms with Crippen molar-refractivity contribution in [2.75, 3.05) is 43.1 Å². The fourth-order valence-electron chi connectivity index (χ4n) is 2.79. The van der Waals surface area contributed by atoms with Gasteiger partial charge < -0.3 is 15.0 Å². The minimum absolute atomic E-state index is 0.815. The lowest BCUT2D eigenvalue weighted by Gasteiger charge is -2.30. The van der Waals surface area contributed by atoms with Crippen LogP contribution in [0.5, 0.6) is 0 Å². The Morgan fingerprint density at radius 3 is 2.80 bits per heavy atom. The highest BCUT2D eigenvalue weighted by Gasteiger charge is 2.15. The first-order valence-electron chi connectivity index (χ1n) is 7.65. The minimum atomic E-state index is 0.815. The number of ether oxygens (including phenoxy) is 1. The van der Waals surface area contributed by atoms with Gasteiger partial charge in [0.1, 0.15) is 5.84 Å². The van der Waals surface area contributed by atoms with Crippen molar-refractivity contribution >= 4 is 17.2 Å². The van der Waals surface area contributed by atoms with E-state index in [0.717, 1.165) is 45.1 Å². The molecule has 2 heterocycles. The molecule has 0 saturated carbocycles. The third-order valence-electron chi connectivity index (χ3n) is 3.91. The van der Waals surface area contributed by atoms with Crippen LogP contribution in [0.15, 0.2) is 29.3 Å². The number of hydrogen-bond donors (Lipinski definition) is 1. The van der Waals surface area contributed by atoms with Crippen LogP contribution in [0.25, 0.3) is 0 Å². The number of nitrogens with one attached hydrogen (secondary N) is 1. The Bertz CT molecular complexity index is 467. The summed E-state index contributed by atoms with van der Waals surface area (Å²) in [4.78, 5) is 7.06. The van der Waals surface area contributed by atoms with E-state index in [1.54, 1.807) is 0 Å². The maximum absolute atomic E-state index is 5.44. The van der Waals surface area contributed by atoms with Gasteiger partial charge in [0.2, 0.25) is 0 Å².